The lowest BCUT2D eigenvalue weighted by Gasteiger charge is -2.25. The number of methoxy groups -OCH3 is 1. The molecule has 2 unspecified atom stereocenters. The Morgan fingerprint density at radius 3 is 2.88 bits per heavy atom. The third-order valence-electron chi connectivity index (χ3n) is 2.58. The van der Waals surface area contributed by atoms with Crippen molar-refractivity contribution in [3.8, 4) is 0 Å². The smallest absolute Gasteiger partial charge is 0.328 e. The van der Waals surface area contributed by atoms with E-state index in [-0.39, 0.29) is 17.1 Å². The molecular formula is C10H17NO3S2. The van der Waals surface area contributed by atoms with Crippen molar-refractivity contribution in [3.05, 3.63) is 0 Å². The van der Waals surface area contributed by atoms with E-state index in [0.29, 0.717) is 19.4 Å². The van der Waals surface area contributed by atoms with E-state index in [0.717, 1.165) is 5.75 Å². The summed E-state index contributed by atoms with van der Waals surface area (Å²) in [6.07, 6.45) is 3.03. The van der Waals surface area contributed by atoms with Gasteiger partial charge in [-0.2, -0.15) is 24.4 Å². The number of nitrogens with zero attached hydrogens (tertiary/aromatic N) is 1. The summed E-state index contributed by atoms with van der Waals surface area (Å²) in [5.74, 6) is 0.502. The van der Waals surface area contributed by atoms with Crippen LogP contribution in [0.15, 0.2) is 0 Å². The molecule has 16 heavy (non-hydrogen) atoms. The second kappa shape index (κ2) is 6.39. The molecule has 0 bridgehead atoms. The maximum Gasteiger partial charge on any atom is 0.328 e. The van der Waals surface area contributed by atoms with Crippen molar-refractivity contribution in [1.29, 1.82) is 0 Å². The van der Waals surface area contributed by atoms with Crippen molar-refractivity contribution in [2.24, 2.45) is 0 Å². The Hall–Kier alpha value is -0.360. The van der Waals surface area contributed by atoms with Crippen molar-refractivity contribution in [3.63, 3.8) is 0 Å². The van der Waals surface area contributed by atoms with Crippen molar-refractivity contribution < 1.29 is 14.3 Å². The summed E-state index contributed by atoms with van der Waals surface area (Å²) < 4.78 is 4.74. The average molecular weight is 263 g/mol. The SMILES string of the molecule is COC(=O)C(CCSC)N1CC(S)CC1=O. The summed E-state index contributed by atoms with van der Waals surface area (Å²) in [6.45, 7) is 0.538. The summed E-state index contributed by atoms with van der Waals surface area (Å²) in [5, 5.41) is 0.0361. The molecule has 0 aromatic rings. The molecule has 0 saturated carbocycles. The second-order valence-corrected chi connectivity index (χ2v) is 5.44. The minimum absolute atomic E-state index is 0.00324. The standard InChI is InChI=1S/C10H17NO3S2/c1-14-10(13)8(3-4-16-2)11-6-7(15)5-9(11)12/h7-8,15H,3-6H2,1-2H3. The van der Waals surface area contributed by atoms with E-state index in [1.807, 2.05) is 6.26 Å². The monoisotopic (exact) mass is 263 g/mol. The Labute approximate surface area is 105 Å². The Morgan fingerprint density at radius 2 is 2.44 bits per heavy atom. The predicted molar refractivity (Wildman–Crippen MR) is 67.9 cm³/mol. The van der Waals surface area contributed by atoms with Gasteiger partial charge in [-0.1, -0.05) is 0 Å². The van der Waals surface area contributed by atoms with Crippen molar-refractivity contribution in [2.75, 3.05) is 25.7 Å². The highest BCUT2D eigenvalue weighted by molar-refractivity contribution is 7.98. The maximum absolute atomic E-state index is 11.7. The van der Waals surface area contributed by atoms with Gasteiger partial charge in [0, 0.05) is 18.2 Å². The number of hydrogen-bond donors (Lipinski definition) is 1. The number of amides is 1. The van der Waals surface area contributed by atoms with Crippen LogP contribution in [-0.4, -0.2) is 53.7 Å². The first-order valence-electron chi connectivity index (χ1n) is 5.14. The Kier molecular flexibility index (Phi) is 5.48. The molecule has 0 aromatic heterocycles. The van der Waals surface area contributed by atoms with E-state index in [1.54, 1.807) is 16.7 Å². The van der Waals surface area contributed by atoms with Gasteiger partial charge in [0.25, 0.3) is 0 Å². The van der Waals surface area contributed by atoms with Crippen LogP contribution in [0.5, 0.6) is 0 Å². The van der Waals surface area contributed by atoms with Crippen LogP contribution in [-0.2, 0) is 14.3 Å². The van der Waals surface area contributed by atoms with Crippen LogP contribution in [0, 0.1) is 0 Å². The lowest BCUT2D eigenvalue weighted by Crippen LogP contribution is -2.43. The highest BCUT2D eigenvalue weighted by Crippen LogP contribution is 2.21. The van der Waals surface area contributed by atoms with Crippen molar-refractivity contribution >= 4 is 36.3 Å². The fraction of sp³-hybridized carbons (Fsp3) is 0.800. The van der Waals surface area contributed by atoms with Gasteiger partial charge < -0.3 is 9.64 Å². The topological polar surface area (TPSA) is 46.6 Å². The van der Waals surface area contributed by atoms with E-state index in [4.69, 9.17) is 4.74 Å². The van der Waals surface area contributed by atoms with Crippen molar-refractivity contribution in [1.82, 2.24) is 4.90 Å². The molecule has 0 aliphatic carbocycles. The van der Waals surface area contributed by atoms with Gasteiger partial charge in [-0.15, -0.1) is 0 Å². The molecule has 92 valence electrons. The highest BCUT2D eigenvalue weighted by Gasteiger charge is 2.36. The summed E-state index contributed by atoms with van der Waals surface area (Å²) in [6, 6.07) is -0.443. The highest BCUT2D eigenvalue weighted by atomic mass is 32.2. The van der Waals surface area contributed by atoms with Gasteiger partial charge in [0.1, 0.15) is 6.04 Å². The van der Waals surface area contributed by atoms with Crippen LogP contribution in [0.1, 0.15) is 12.8 Å². The number of ether oxygens (including phenoxy) is 1. The number of hydrogen-bond acceptors (Lipinski definition) is 5. The quantitative estimate of drug-likeness (QED) is 0.589. The van der Waals surface area contributed by atoms with Crippen molar-refractivity contribution in [2.45, 2.75) is 24.1 Å². The molecule has 1 heterocycles. The molecule has 1 aliphatic heterocycles. The van der Waals surface area contributed by atoms with Gasteiger partial charge in [-0.05, 0) is 18.4 Å². The van der Waals surface area contributed by atoms with E-state index >= 15 is 0 Å². The second-order valence-electron chi connectivity index (χ2n) is 3.72. The minimum Gasteiger partial charge on any atom is -0.467 e. The third kappa shape index (κ3) is 3.31. The molecule has 0 aromatic carbocycles. The average Bonchev–Trinajstić information content (AvgIpc) is 2.58. The minimum atomic E-state index is -0.443. The van der Waals surface area contributed by atoms with Gasteiger partial charge in [-0.3, -0.25) is 4.79 Å². The number of likely N-dealkylation sites (tertiary alicyclic amines) is 1. The first-order chi connectivity index (χ1) is 7.60. The number of thiol groups is 1. The normalized spacial score (nSPS) is 22.3. The Morgan fingerprint density at radius 1 is 1.75 bits per heavy atom. The van der Waals surface area contributed by atoms with Gasteiger partial charge >= 0.3 is 5.97 Å². The molecule has 0 spiro atoms. The van der Waals surface area contributed by atoms with Crippen LogP contribution in [0.2, 0.25) is 0 Å². The molecule has 0 radical (unpaired) electrons. The number of esters is 1. The Bertz CT molecular complexity index is 273. The zero-order chi connectivity index (χ0) is 12.1. The molecule has 0 N–H and O–H groups in total. The number of rotatable bonds is 5. The van der Waals surface area contributed by atoms with Crippen LogP contribution in [0.25, 0.3) is 0 Å². The van der Waals surface area contributed by atoms with Crippen LogP contribution in [0.4, 0.5) is 0 Å². The van der Waals surface area contributed by atoms with Crippen LogP contribution >= 0.6 is 24.4 Å². The maximum atomic E-state index is 11.7. The lowest BCUT2D eigenvalue weighted by molar-refractivity contribution is -0.151. The zero-order valence-electron chi connectivity index (χ0n) is 9.51. The molecule has 1 amide bonds. The lowest BCUT2D eigenvalue weighted by atomic mass is 10.2. The third-order valence-corrected chi connectivity index (χ3v) is 3.57. The first-order valence-corrected chi connectivity index (χ1v) is 7.05. The molecule has 1 saturated heterocycles. The number of carbonyl (C=O) groups excluding carboxylic acids is 2. The number of thioether (sulfide) groups is 1. The summed E-state index contributed by atoms with van der Waals surface area (Å²) in [7, 11) is 1.35. The summed E-state index contributed by atoms with van der Waals surface area (Å²) in [5.41, 5.74) is 0. The fourth-order valence-corrected chi connectivity index (χ4v) is 2.57. The molecule has 6 heteroatoms. The van der Waals surface area contributed by atoms with Gasteiger partial charge in [0.05, 0.1) is 7.11 Å². The molecule has 1 fully saturated rings. The van der Waals surface area contributed by atoms with Gasteiger partial charge in [-0.25, -0.2) is 4.79 Å². The van der Waals surface area contributed by atoms with Crippen LogP contribution < -0.4 is 0 Å². The molecular weight excluding hydrogens is 246 g/mol. The Balaban J connectivity index is 2.68. The van der Waals surface area contributed by atoms with Crippen LogP contribution in [0.3, 0.4) is 0 Å². The van der Waals surface area contributed by atoms with E-state index in [1.165, 1.54) is 7.11 Å². The molecule has 2 atom stereocenters. The van der Waals surface area contributed by atoms with E-state index in [2.05, 4.69) is 12.6 Å². The van der Waals surface area contributed by atoms with E-state index in [9.17, 15) is 9.59 Å². The largest absolute Gasteiger partial charge is 0.467 e. The molecule has 1 aliphatic rings. The summed E-state index contributed by atoms with van der Waals surface area (Å²) in [4.78, 5) is 24.9. The summed E-state index contributed by atoms with van der Waals surface area (Å²) >= 11 is 5.93. The first kappa shape index (κ1) is 13.7. The molecule has 1 rings (SSSR count). The molecule has 4 nitrogen and oxygen atoms in total. The zero-order valence-corrected chi connectivity index (χ0v) is 11.2. The number of carbonyl (C=O) groups is 2. The van der Waals surface area contributed by atoms with Gasteiger partial charge in [0.2, 0.25) is 5.91 Å². The van der Waals surface area contributed by atoms with Gasteiger partial charge in [0.15, 0.2) is 0 Å². The fourth-order valence-electron chi connectivity index (χ4n) is 1.78. The predicted octanol–water partition coefficient (Wildman–Crippen LogP) is 0.812. The van der Waals surface area contributed by atoms with E-state index < -0.39 is 6.04 Å².